The highest BCUT2D eigenvalue weighted by atomic mass is 16.3. The average molecular weight is 715 g/mol. The minimum atomic E-state index is 0.869. The third-order valence-electron chi connectivity index (χ3n) is 11.0. The Labute approximate surface area is 324 Å². The second-order valence-electron chi connectivity index (χ2n) is 14.3. The Morgan fingerprint density at radius 3 is 1.34 bits per heavy atom. The molecule has 0 bridgehead atoms. The molecule has 0 spiro atoms. The first-order chi connectivity index (χ1) is 27.8. The van der Waals surface area contributed by atoms with E-state index < -0.39 is 0 Å². The Bertz CT molecular complexity index is 3160. The lowest BCUT2D eigenvalue weighted by Crippen LogP contribution is -1.93. The maximum atomic E-state index is 7.04. The fraction of sp³-hybridized carbons (Fsp3) is 0. The number of nitrogens with zero attached hydrogens (tertiary/aromatic N) is 2. The topological polar surface area (TPSA) is 31.0 Å². The van der Waals surface area contributed by atoms with Gasteiger partial charge in [-0.05, 0) is 70.8 Å². The van der Waals surface area contributed by atoms with Crippen LogP contribution in [0.4, 0.5) is 0 Å². The lowest BCUT2D eigenvalue weighted by Gasteiger charge is -2.10. The molecule has 0 saturated carbocycles. The Hall–Kier alpha value is -7.49. The zero-order valence-corrected chi connectivity index (χ0v) is 30.4. The molecule has 0 atom stereocenters. The summed E-state index contributed by atoms with van der Waals surface area (Å²) in [6, 6.07) is 73.1. The first kappa shape index (κ1) is 32.0. The molecule has 0 N–H and O–H groups in total. The molecule has 8 aromatic carbocycles. The molecule has 0 radical (unpaired) electrons. The second-order valence-corrected chi connectivity index (χ2v) is 14.3. The summed E-state index contributed by atoms with van der Waals surface area (Å²) in [6.07, 6.45) is 0. The van der Waals surface area contributed by atoms with Crippen LogP contribution >= 0.6 is 0 Å². The number of pyridine rings is 1. The smallest absolute Gasteiger partial charge is 0.143 e. The van der Waals surface area contributed by atoms with Gasteiger partial charge in [0.05, 0.1) is 22.4 Å². The number of para-hydroxylation sites is 3. The highest BCUT2D eigenvalue weighted by Crippen LogP contribution is 2.43. The van der Waals surface area contributed by atoms with Gasteiger partial charge in [-0.3, -0.25) is 0 Å². The van der Waals surface area contributed by atoms with Crippen LogP contribution in [-0.2, 0) is 0 Å². The molecule has 0 unspecified atom stereocenters. The average Bonchev–Trinajstić information content (AvgIpc) is 3.83. The number of fused-ring (bicyclic) bond motifs is 6. The van der Waals surface area contributed by atoms with Crippen molar-refractivity contribution in [2.75, 3.05) is 0 Å². The molecule has 0 amide bonds. The summed E-state index contributed by atoms with van der Waals surface area (Å²) in [4.78, 5) is 5.13. The zero-order valence-electron chi connectivity index (χ0n) is 30.4. The normalized spacial score (nSPS) is 11.6. The quantitative estimate of drug-likeness (QED) is 0.172. The van der Waals surface area contributed by atoms with Crippen molar-refractivity contribution < 1.29 is 4.42 Å². The standard InChI is InChI=1S/C53H34N2O/c1-5-15-35(16-6-1)38-27-29-50-46(31-38)47-32-39(28-30-51(47)55(50)41-21-11-4-12-22-41)42-23-13-25-44-45-26-14-24-43(53(45)56-52(42)44)40-33-48(36-17-7-2-8-18-36)54-49(34-40)37-19-9-3-10-20-37/h1-34H. The Kier molecular flexibility index (Phi) is 7.49. The first-order valence-electron chi connectivity index (χ1n) is 19.0. The summed E-state index contributed by atoms with van der Waals surface area (Å²) >= 11 is 0. The molecular formula is C53H34N2O. The second kappa shape index (κ2) is 13.1. The zero-order chi connectivity index (χ0) is 37.0. The van der Waals surface area contributed by atoms with Crippen LogP contribution in [0.2, 0.25) is 0 Å². The summed E-state index contributed by atoms with van der Waals surface area (Å²) in [6.45, 7) is 0. The van der Waals surface area contributed by atoms with Gasteiger partial charge in [-0.25, -0.2) is 4.98 Å². The molecule has 3 aromatic heterocycles. The summed E-state index contributed by atoms with van der Waals surface area (Å²) in [5.41, 5.74) is 15.9. The van der Waals surface area contributed by atoms with E-state index in [2.05, 4.69) is 199 Å². The van der Waals surface area contributed by atoms with E-state index in [0.29, 0.717) is 0 Å². The van der Waals surface area contributed by atoms with Crippen LogP contribution in [0.3, 0.4) is 0 Å². The van der Waals surface area contributed by atoms with Gasteiger partial charge in [0, 0.05) is 49.5 Å². The minimum Gasteiger partial charge on any atom is -0.455 e. The maximum absolute atomic E-state index is 7.04. The molecule has 0 aliphatic carbocycles. The van der Waals surface area contributed by atoms with Crippen LogP contribution < -0.4 is 0 Å². The van der Waals surface area contributed by atoms with Crippen molar-refractivity contribution in [1.29, 1.82) is 0 Å². The molecule has 0 aliphatic heterocycles. The van der Waals surface area contributed by atoms with E-state index in [1.54, 1.807) is 0 Å². The van der Waals surface area contributed by atoms with Gasteiger partial charge < -0.3 is 8.98 Å². The van der Waals surface area contributed by atoms with E-state index in [4.69, 9.17) is 9.40 Å². The molecule has 0 fully saturated rings. The third-order valence-corrected chi connectivity index (χ3v) is 11.0. The predicted octanol–water partition coefficient (Wildman–Crippen LogP) is 14.4. The number of aromatic nitrogens is 2. The molecular weight excluding hydrogens is 681 g/mol. The number of furan rings is 1. The van der Waals surface area contributed by atoms with Crippen LogP contribution in [0.5, 0.6) is 0 Å². The highest BCUT2D eigenvalue weighted by molar-refractivity contribution is 6.15. The fourth-order valence-corrected chi connectivity index (χ4v) is 8.33. The van der Waals surface area contributed by atoms with E-state index in [1.807, 2.05) is 12.1 Å². The van der Waals surface area contributed by atoms with Crippen molar-refractivity contribution in [2.24, 2.45) is 0 Å². The number of rotatable bonds is 6. The molecule has 0 aliphatic rings. The SMILES string of the molecule is c1ccc(-c2ccc3c(c2)c2cc(-c4cccc5c4oc4c(-c6cc(-c7ccccc7)nc(-c7ccccc7)c6)cccc45)ccc2n3-c2ccccc2)cc1. The van der Waals surface area contributed by atoms with Crippen LogP contribution in [0, 0.1) is 0 Å². The van der Waals surface area contributed by atoms with E-state index >= 15 is 0 Å². The van der Waals surface area contributed by atoms with E-state index in [0.717, 1.165) is 72.4 Å². The van der Waals surface area contributed by atoms with Gasteiger partial charge in [-0.15, -0.1) is 0 Å². The summed E-state index contributed by atoms with van der Waals surface area (Å²) in [5, 5.41) is 4.60. The molecule has 262 valence electrons. The van der Waals surface area contributed by atoms with Crippen molar-refractivity contribution in [3.05, 3.63) is 206 Å². The van der Waals surface area contributed by atoms with Crippen molar-refractivity contribution in [2.45, 2.75) is 0 Å². The van der Waals surface area contributed by atoms with Crippen LogP contribution in [0.1, 0.15) is 0 Å². The number of hydrogen-bond acceptors (Lipinski definition) is 2. The lowest BCUT2D eigenvalue weighted by molar-refractivity contribution is 0.671. The number of benzene rings is 8. The molecule has 0 saturated heterocycles. The summed E-state index contributed by atoms with van der Waals surface area (Å²) in [5.74, 6) is 0. The lowest BCUT2D eigenvalue weighted by atomic mass is 9.97. The predicted molar refractivity (Wildman–Crippen MR) is 233 cm³/mol. The first-order valence-corrected chi connectivity index (χ1v) is 19.0. The maximum Gasteiger partial charge on any atom is 0.143 e. The monoisotopic (exact) mass is 714 g/mol. The van der Waals surface area contributed by atoms with Gasteiger partial charge in [0.25, 0.3) is 0 Å². The molecule has 3 heteroatoms. The molecule has 3 heterocycles. The Morgan fingerprint density at radius 2 is 0.786 bits per heavy atom. The van der Waals surface area contributed by atoms with E-state index in [-0.39, 0.29) is 0 Å². The minimum absolute atomic E-state index is 0.869. The molecule has 11 aromatic rings. The van der Waals surface area contributed by atoms with Gasteiger partial charge in [0.2, 0.25) is 0 Å². The highest BCUT2D eigenvalue weighted by Gasteiger charge is 2.19. The number of hydrogen-bond donors (Lipinski definition) is 0. The van der Waals surface area contributed by atoms with Gasteiger partial charge in [-0.2, -0.15) is 0 Å². The van der Waals surface area contributed by atoms with Crippen molar-refractivity contribution in [3.63, 3.8) is 0 Å². The van der Waals surface area contributed by atoms with Gasteiger partial charge in [0.1, 0.15) is 11.2 Å². The van der Waals surface area contributed by atoms with Crippen LogP contribution in [-0.4, -0.2) is 9.55 Å². The molecule has 3 nitrogen and oxygen atoms in total. The van der Waals surface area contributed by atoms with E-state index in [1.165, 1.54) is 32.9 Å². The van der Waals surface area contributed by atoms with Crippen LogP contribution in [0.25, 0.3) is 105 Å². The van der Waals surface area contributed by atoms with Gasteiger partial charge in [-0.1, -0.05) is 158 Å². The van der Waals surface area contributed by atoms with Crippen molar-refractivity contribution in [3.8, 4) is 61.6 Å². The summed E-state index contributed by atoms with van der Waals surface area (Å²) < 4.78 is 9.41. The van der Waals surface area contributed by atoms with Gasteiger partial charge in [0.15, 0.2) is 0 Å². The largest absolute Gasteiger partial charge is 0.455 e. The van der Waals surface area contributed by atoms with Gasteiger partial charge >= 0.3 is 0 Å². The molecule has 11 rings (SSSR count). The Morgan fingerprint density at radius 1 is 0.321 bits per heavy atom. The van der Waals surface area contributed by atoms with E-state index in [9.17, 15) is 0 Å². The summed E-state index contributed by atoms with van der Waals surface area (Å²) in [7, 11) is 0. The Balaban J connectivity index is 1.11. The van der Waals surface area contributed by atoms with Crippen LogP contribution in [0.15, 0.2) is 211 Å². The third kappa shape index (κ3) is 5.32. The van der Waals surface area contributed by atoms with Crippen molar-refractivity contribution in [1.82, 2.24) is 9.55 Å². The fourth-order valence-electron chi connectivity index (χ4n) is 8.33. The molecule has 56 heavy (non-hydrogen) atoms. The van der Waals surface area contributed by atoms with Crippen molar-refractivity contribution >= 4 is 43.7 Å².